The fourth-order valence-electron chi connectivity index (χ4n) is 4.58. The van der Waals surface area contributed by atoms with Gasteiger partial charge in [0.15, 0.2) is 5.82 Å². The zero-order valence-corrected chi connectivity index (χ0v) is 20.5. The number of halogens is 1. The number of ether oxygens (including phenoxy) is 3. The van der Waals surface area contributed by atoms with Gasteiger partial charge in [-0.15, -0.1) is 0 Å². The molecule has 3 aliphatic rings. The van der Waals surface area contributed by atoms with Crippen molar-refractivity contribution in [2.45, 2.75) is 52.6 Å². The molecule has 0 unspecified atom stereocenters. The van der Waals surface area contributed by atoms with E-state index in [4.69, 9.17) is 30.9 Å². The van der Waals surface area contributed by atoms with Gasteiger partial charge in [0.2, 0.25) is 5.88 Å². The number of nitrogens with zero attached hydrogens (tertiary/aromatic N) is 5. The molecule has 33 heavy (non-hydrogen) atoms. The number of rotatable bonds is 2. The van der Waals surface area contributed by atoms with Gasteiger partial charge in [-0.05, 0) is 25.8 Å². The van der Waals surface area contributed by atoms with Crippen LogP contribution < -0.4 is 9.64 Å². The van der Waals surface area contributed by atoms with Gasteiger partial charge in [0.25, 0.3) is 0 Å². The van der Waals surface area contributed by atoms with Gasteiger partial charge in [0.1, 0.15) is 12.3 Å². The number of methoxy groups -OCH3 is 1. The van der Waals surface area contributed by atoms with Crippen LogP contribution in [0.15, 0.2) is 6.07 Å². The Bertz CT molecular complexity index is 1010. The van der Waals surface area contributed by atoms with Gasteiger partial charge in [-0.3, -0.25) is 4.68 Å². The van der Waals surface area contributed by atoms with Crippen molar-refractivity contribution in [3.63, 3.8) is 0 Å². The van der Waals surface area contributed by atoms with Crippen molar-refractivity contribution in [2.24, 2.45) is 0 Å². The minimum atomic E-state index is -0.321. The van der Waals surface area contributed by atoms with Gasteiger partial charge >= 0.3 is 6.09 Å². The summed E-state index contributed by atoms with van der Waals surface area (Å²) in [5.41, 5.74) is 3.76. The molecule has 9 nitrogen and oxygen atoms in total. The van der Waals surface area contributed by atoms with Gasteiger partial charge in [-0.25, -0.2) is 9.78 Å². The highest BCUT2D eigenvalue weighted by Crippen LogP contribution is 2.41. The Morgan fingerprint density at radius 3 is 2.70 bits per heavy atom. The fourth-order valence-corrected chi connectivity index (χ4v) is 4.73. The van der Waals surface area contributed by atoms with Crippen molar-refractivity contribution in [2.75, 3.05) is 44.9 Å². The second kappa shape index (κ2) is 10.2. The molecule has 180 valence electrons. The van der Waals surface area contributed by atoms with E-state index < -0.39 is 0 Å². The summed E-state index contributed by atoms with van der Waals surface area (Å²) in [6.45, 7) is 9.54. The number of aryl methyl sites for hydroxylation is 1. The van der Waals surface area contributed by atoms with Crippen molar-refractivity contribution in [3.05, 3.63) is 28.0 Å². The quantitative estimate of drug-likeness (QED) is 0.638. The number of fused-ring (bicyclic) bond motifs is 2. The number of pyridine rings is 1. The molecule has 0 spiro atoms. The maximum atomic E-state index is 12.3. The maximum absolute atomic E-state index is 12.3. The molecule has 1 saturated heterocycles. The lowest BCUT2D eigenvalue weighted by molar-refractivity contribution is 0.0649. The molecule has 0 radical (unpaired) electrons. The summed E-state index contributed by atoms with van der Waals surface area (Å²) in [4.78, 5) is 20.6. The maximum Gasteiger partial charge on any atom is 0.409 e. The average molecular weight is 478 g/mol. The predicted molar refractivity (Wildman–Crippen MR) is 126 cm³/mol. The first kappa shape index (κ1) is 23.6. The monoisotopic (exact) mass is 477 g/mol. The largest absolute Gasteiger partial charge is 0.474 e. The highest BCUT2D eigenvalue weighted by molar-refractivity contribution is 6.31. The third-order valence-corrected chi connectivity index (χ3v) is 6.61. The van der Waals surface area contributed by atoms with Gasteiger partial charge < -0.3 is 24.0 Å². The first-order chi connectivity index (χ1) is 16.1. The summed E-state index contributed by atoms with van der Waals surface area (Å²) < 4.78 is 18.5. The van der Waals surface area contributed by atoms with Crippen molar-refractivity contribution in [3.8, 4) is 5.88 Å². The van der Waals surface area contributed by atoms with Crippen molar-refractivity contribution in [1.82, 2.24) is 19.7 Å². The second-order valence-corrected chi connectivity index (χ2v) is 8.47. The van der Waals surface area contributed by atoms with Gasteiger partial charge in [0, 0.05) is 37.4 Å². The van der Waals surface area contributed by atoms with Crippen LogP contribution in [0, 0.1) is 6.92 Å². The molecule has 0 aliphatic carbocycles. The molecule has 0 aromatic carbocycles. The smallest absolute Gasteiger partial charge is 0.409 e. The number of carbonyl (C=O) groups excluding carboxylic acids is 1. The highest BCUT2D eigenvalue weighted by Gasteiger charge is 2.35. The van der Waals surface area contributed by atoms with Crippen LogP contribution >= 0.6 is 11.6 Å². The van der Waals surface area contributed by atoms with Crippen LogP contribution in [-0.2, 0) is 22.4 Å². The lowest BCUT2D eigenvalue weighted by atomic mass is 10.0. The third-order valence-electron chi connectivity index (χ3n) is 6.23. The number of amides is 1. The third kappa shape index (κ3) is 4.48. The average Bonchev–Trinajstić information content (AvgIpc) is 3.24. The van der Waals surface area contributed by atoms with Crippen molar-refractivity contribution >= 4 is 29.2 Å². The van der Waals surface area contributed by atoms with E-state index in [-0.39, 0.29) is 6.09 Å². The molecule has 2 aromatic rings. The highest BCUT2D eigenvalue weighted by atomic mass is 35.5. The first-order valence-electron chi connectivity index (χ1n) is 11.6. The molecular formula is C23H32ClN5O4. The Morgan fingerprint density at radius 1 is 1.21 bits per heavy atom. The van der Waals surface area contributed by atoms with Crippen LogP contribution in [0.4, 0.5) is 16.3 Å². The molecule has 1 amide bonds. The van der Waals surface area contributed by atoms with Crippen molar-refractivity contribution in [1.29, 1.82) is 0 Å². The van der Waals surface area contributed by atoms with E-state index in [2.05, 4.69) is 14.6 Å². The minimum Gasteiger partial charge on any atom is -0.474 e. The Kier molecular flexibility index (Phi) is 7.29. The van der Waals surface area contributed by atoms with E-state index in [1.165, 1.54) is 12.8 Å². The molecule has 0 N–H and O–H groups in total. The SMILES string of the molecule is CC.COC(=O)N1CCc2c(c(N3CCOc4nc(C)c(Cl)cc43)nn2C2CCOCC2)C1. The number of hydrogen-bond donors (Lipinski definition) is 0. The number of anilines is 2. The molecule has 5 heterocycles. The topological polar surface area (TPSA) is 82.0 Å². The van der Waals surface area contributed by atoms with Crippen molar-refractivity contribution < 1.29 is 19.0 Å². The zero-order valence-electron chi connectivity index (χ0n) is 19.8. The molecule has 0 bridgehead atoms. The van der Waals surface area contributed by atoms with Gasteiger partial charge in [-0.2, -0.15) is 5.10 Å². The summed E-state index contributed by atoms with van der Waals surface area (Å²) in [6, 6.07) is 2.18. The van der Waals surface area contributed by atoms with E-state index in [9.17, 15) is 4.79 Å². The second-order valence-electron chi connectivity index (χ2n) is 8.06. The zero-order chi connectivity index (χ0) is 23.5. The summed E-state index contributed by atoms with van der Waals surface area (Å²) in [5, 5.41) is 5.68. The number of carbonyl (C=O) groups is 1. The summed E-state index contributed by atoms with van der Waals surface area (Å²) in [7, 11) is 1.42. The predicted octanol–water partition coefficient (Wildman–Crippen LogP) is 4.27. The van der Waals surface area contributed by atoms with Crippen LogP contribution in [0.3, 0.4) is 0 Å². The van der Waals surface area contributed by atoms with Gasteiger partial charge in [-0.1, -0.05) is 25.4 Å². The van der Waals surface area contributed by atoms with Crippen LogP contribution in [0.2, 0.25) is 5.02 Å². The molecule has 3 aliphatic heterocycles. The van der Waals surface area contributed by atoms with Crippen LogP contribution in [-0.4, -0.2) is 65.8 Å². The standard InChI is InChI=1S/C21H26ClN5O4.C2H6/c1-13-16(22)11-18-20(23-13)31-10-7-26(18)19-15-12-25(21(28)29-2)6-3-17(15)27(24-19)14-4-8-30-9-5-14;1-2/h11,14H,3-10,12H2,1-2H3;1-2H3. The van der Waals surface area contributed by atoms with E-state index in [0.717, 1.165) is 55.2 Å². The lowest BCUT2D eigenvalue weighted by Crippen LogP contribution is -2.37. The first-order valence-corrected chi connectivity index (χ1v) is 12.0. The van der Waals surface area contributed by atoms with Gasteiger partial charge in [0.05, 0.1) is 37.0 Å². The van der Waals surface area contributed by atoms with E-state index >= 15 is 0 Å². The van der Waals surface area contributed by atoms with E-state index in [1.807, 2.05) is 26.8 Å². The molecule has 0 saturated carbocycles. The Hall–Kier alpha value is -2.52. The summed E-state index contributed by atoms with van der Waals surface area (Å²) in [6.07, 6.45) is 2.28. The Morgan fingerprint density at radius 2 is 1.97 bits per heavy atom. The normalized spacial score (nSPS) is 18.0. The fraction of sp³-hybridized carbons (Fsp3) is 0.609. The molecular weight excluding hydrogens is 446 g/mol. The lowest BCUT2D eigenvalue weighted by Gasteiger charge is -2.32. The van der Waals surface area contributed by atoms with Crippen LogP contribution in [0.25, 0.3) is 0 Å². The molecule has 5 rings (SSSR count). The molecule has 0 atom stereocenters. The number of aromatic nitrogens is 3. The van der Waals surface area contributed by atoms with E-state index in [0.29, 0.717) is 43.2 Å². The Balaban J connectivity index is 0.00000126. The number of hydrogen-bond acceptors (Lipinski definition) is 7. The van der Waals surface area contributed by atoms with E-state index in [1.54, 1.807) is 4.90 Å². The summed E-state index contributed by atoms with van der Waals surface area (Å²) >= 11 is 6.40. The van der Waals surface area contributed by atoms with Crippen LogP contribution in [0.1, 0.15) is 49.7 Å². The molecule has 2 aromatic heterocycles. The summed E-state index contributed by atoms with van der Waals surface area (Å²) in [5.74, 6) is 1.39. The Labute approximate surface area is 199 Å². The molecule has 1 fully saturated rings. The van der Waals surface area contributed by atoms with Crippen LogP contribution in [0.5, 0.6) is 5.88 Å². The molecule has 10 heteroatoms. The minimum absolute atomic E-state index is 0.293.